The average Bonchev–Trinajstić information content (AvgIpc) is 3.57. The van der Waals surface area contributed by atoms with Crippen molar-refractivity contribution in [3.63, 3.8) is 0 Å². The summed E-state index contributed by atoms with van der Waals surface area (Å²) in [5, 5.41) is 0. The third-order valence-electron chi connectivity index (χ3n) is 9.12. The van der Waals surface area contributed by atoms with E-state index >= 15 is 0 Å². The third-order valence-corrected chi connectivity index (χ3v) is 9.12. The highest BCUT2D eigenvalue weighted by atomic mass is 19.1. The molecule has 2 aromatic carbocycles. The number of amides is 2. The lowest BCUT2D eigenvalue weighted by Crippen LogP contribution is -2.41. The number of benzene rings is 2. The molecular weight excluding hydrogens is 639 g/mol. The Morgan fingerprint density at radius 1 is 0.920 bits per heavy atom. The number of pyridine rings is 1. The number of carbonyl (C=O) groups is 3. The fourth-order valence-corrected chi connectivity index (χ4v) is 6.53. The normalized spacial score (nSPS) is 13.5. The maximum Gasteiger partial charge on any atom is 0.332 e. The van der Waals surface area contributed by atoms with Gasteiger partial charge in [-0.3, -0.25) is 28.4 Å². The minimum absolute atomic E-state index is 0.00384. The topological polar surface area (TPSA) is 127 Å². The van der Waals surface area contributed by atoms with E-state index in [0.29, 0.717) is 78.5 Å². The maximum atomic E-state index is 13.7. The van der Waals surface area contributed by atoms with Crippen LogP contribution >= 0.6 is 0 Å². The van der Waals surface area contributed by atoms with Crippen molar-refractivity contribution in [3.05, 3.63) is 121 Å². The fraction of sp³-hybridized carbons (Fsp3) is 0.342. The lowest BCUT2D eigenvalue weighted by molar-refractivity contribution is -0.117. The highest BCUT2D eigenvalue weighted by molar-refractivity contribution is 6.07. The van der Waals surface area contributed by atoms with E-state index in [1.54, 1.807) is 23.2 Å². The molecule has 0 bridgehead atoms. The number of Topliss-reactive ketones (excluding diaryl/α,β-unsaturated/α-hetero) is 1. The molecule has 0 N–H and O–H groups in total. The summed E-state index contributed by atoms with van der Waals surface area (Å²) in [7, 11) is 0. The van der Waals surface area contributed by atoms with Crippen LogP contribution in [0.15, 0.2) is 81.4 Å². The fourth-order valence-electron chi connectivity index (χ4n) is 6.53. The Kier molecular flexibility index (Phi) is 10.3. The van der Waals surface area contributed by atoms with Crippen LogP contribution in [0.2, 0.25) is 0 Å². The standard InChI is InChI=1S/C38H39FN6O5/c1-3-18-44-34-31(37(49)45(38(44)50)20-6-8-25(2)46)23-32(41-34)28-13-16-33(40-24-28)43(35(47)27-11-14-29(39)15-12-27)21-7-19-42-22-17-26-9-4-5-10-30(26)36(42)48/h4-5,9-16,24H,3,6-8,17-23H2,1-2H3. The molecule has 11 nitrogen and oxygen atoms in total. The van der Waals surface area contributed by atoms with Crippen LogP contribution in [0, 0.1) is 5.82 Å². The molecule has 2 amide bonds. The number of rotatable bonds is 13. The van der Waals surface area contributed by atoms with E-state index in [4.69, 9.17) is 4.99 Å². The lowest BCUT2D eigenvalue weighted by Gasteiger charge is -2.29. The van der Waals surface area contributed by atoms with Gasteiger partial charge in [-0.15, -0.1) is 0 Å². The second-order valence-electron chi connectivity index (χ2n) is 12.7. The zero-order chi connectivity index (χ0) is 35.4. The molecule has 6 rings (SSSR count). The number of aromatic nitrogens is 3. The summed E-state index contributed by atoms with van der Waals surface area (Å²) in [6.07, 6.45) is 4.38. The SMILES string of the molecule is CCCn1c2c(c(=O)n(CCCC(C)=O)c1=O)CC(c1ccc(N(CCCN3CCc4ccccc4C3=O)C(=O)c3ccc(F)cc3)nc1)=N2. The van der Waals surface area contributed by atoms with E-state index < -0.39 is 17.1 Å². The largest absolute Gasteiger partial charge is 0.338 e. The number of aliphatic imine (C=N–C) groups is 1. The van der Waals surface area contributed by atoms with Crippen LogP contribution in [0.5, 0.6) is 0 Å². The number of hydrogen-bond acceptors (Lipinski definition) is 7. The van der Waals surface area contributed by atoms with E-state index in [-0.39, 0.29) is 43.5 Å². The Bertz CT molecular complexity index is 2080. The van der Waals surface area contributed by atoms with Gasteiger partial charge in [0, 0.05) is 68.5 Å². The molecular formula is C38H39FN6O5. The van der Waals surface area contributed by atoms with E-state index in [1.807, 2.05) is 31.2 Å². The molecule has 12 heteroatoms. The van der Waals surface area contributed by atoms with Crippen molar-refractivity contribution in [2.24, 2.45) is 4.99 Å². The summed E-state index contributed by atoms with van der Waals surface area (Å²) in [5.74, 6) is -0.144. The highest BCUT2D eigenvalue weighted by Gasteiger charge is 2.28. The zero-order valence-corrected chi connectivity index (χ0v) is 28.2. The molecule has 4 heterocycles. The monoisotopic (exact) mass is 678 g/mol. The van der Waals surface area contributed by atoms with Gasteiger partial charge in [0.05, 0.1) is 11.3 Å². The van der Waals surface area contributed by atoms with Crippen molar-refractivity contribution in [1.82, 2.24) is 19.0 Å². The van der Waals surface area contributed by atoms with Gasteiger partial charge in [-0.05, 0) is 80.6 Å². The molecule has 258 valence electrons. The molecule has 50 heavy (non-hydrogen) atoms. The number of anilines is 1. The molecule has 0 aliphatic carbocycles. The Morgan fingerprint density at radius 3 is 2.42 bits per heavy atom. The number of nitrogens with zero attached hydrogens (tertiary/aromatic N) is 6. The van der Waals surface area contributed by atoms with Gasteiger partial charge in [0.15, 0.2) is 0 Å². The Labute approximate surface area is 288 Å². The third kappa shape index (κ3) is 7.10. The number of halogens is 1. The first-order valence-electron chi connectivity index (χ1n) is 17.0. The van der Waals surface area contributed by atoms with Crippen LogP contribution in [-0.4, -0.2) is 62.0 Å². The molecule has 0 spiro atoms. The second kappa shape index (κ2) is 14.9. The van der Waals surface area contributed by atoms with Crippen LogP contribution in [0.3, 0.4) is 0 Å². The van der Waals surface area contributed by atoms with Gasteiger partial charge >= 0.3 is 5.69 Å². The first-order chi connectivity index (χ1) is 24.2. The summed E-state index contributed by atoms with van der Waals surface area (Å²) in [5.41, 5.74) is 2.80. The van der Waals surface area contributed by atoms with Gasteiger partial charge in [0.25, 0.3) is 17.4 Å². The smallest absolute Gasteiger partial charge is 0.332 e. The molecule has 2 aliphatic heterocycles. The number of ketones is 1. The summed E-state index contributed by atoms with van der Waals surface area (Å²) in [6.45, 7) is 5.25. The van der Waals surface area contributed by atoms with Gasteiger partial charge in [-0.1, -0.05) is 25.1 Å². The highest BCUT2D eigenvalue weighted by Crippen LogP contribution is 2.27. The van der Waals surface area contributed by atoms with Crippen molar-refractivity contribution in [3.8, 4) is 0 Å². The minimum atomic E-state index is -0.454. The van der Waals surface area contributed by atoms with Crippen LogP contribution in [0.4, 0.5) is 16.0 Å². The minimum Gasteiger partial charge on any atom is -0.338 e. The Morgan fingerprint density at radius 2 is 1.70 bits per heavy atom. The summed E-state index contributed by atoms with van der Waals surface area (Å²) in [4.78, 5) is 77.7. The van der Waals surface area contributed by atoms with Crippen LogP contribution in [0.25, 0.3) is 0 Å². The van der Waals surface area contributed by atoms with Crippen molar-refractivity contribution in [2.75, 3.05) is 24.5 Å². The quantitative estimate of drug-likeness (QED) is 0.201. The molecule has 0 saturated carbocycles. The molecule has 0 radical (unpaired) electrons. The van der Waals surface area contributed by atoms with Gasteiger partial charge in [-0.2, -0.15) is 0 Å². The number of carbonyl (C=O) groups excluding carboxylic acids is 3. The second-order valence-corrected chi connectivity index (χ2v) is 12.7. The van der Waals surface area contributed by atoms with Gasteiger partial charge < -0.3 is 9.69 Å². The van der Waals surface area contributed by atoms with Crippen LogP contribution in [0.1, 0.15) is 76.9 Å². The van der Waals surface area contributed by atoms with E-state index in [0.717, 1.165) is 12.0 Å². The van der Waals surface area contributed by atoms with Crippen LogP contribution in [-0.2, 0) is 30.7 Å². The van der Waals surface area contributed by atoms with Crippen molar-refractivity contribution in [1.29, 1.82) is 0 Å². The molecule has 2 aromatic heterocycles. The predicted molar refractivity (Wildman–Crippen MR) is 188 cm³/mol. The molecule has 0 fully saturated rings. The van der Waals surface area contributed by atoms with Crippen molar-refractivity contribution < 1.29 is 18.8 Å². The zero-order valence-electron chi connectivity index (χ0n) is 28.2. The summed E-state index contributed by atoms with van der Waals surface area (Å²) >= 11 is 0. The van der Waals surface area contributed by atoms with Crippen molar-refractivity contribution >= 4 is 34.9 Å². The van der Waals surface area contributed by atoms with Gasteiger partial charge in [0.1, 0.15) is 23.2 Å². The van der Waals surface area contributed by atoms with E-state index in [9.17, 15) is 28.4 Å². The number of hydrogen-bond donors (Lipinski definition) is 0. The number of fused-ring (bicyclic) bond motifs is 2. The first kappa shape index (κ1) is 34.3. The molecule has 0 saturated heterocycles. The van der Waals surface area contributed by atoms with Crippen LogP contribution < -0.4 is 16.1 Å². The molecule has 2 aliphatic rings. The average molecular weight is 679 g/mol. The molecule has 0 atom stereocenters. The lowest BCUT2D eigenvalue weighted by atomic mass is 9.99. The Hall–Kier alpha value is -5.52. The molecule has 0 unspecified atom stereocenters. The summed E-state index contributed by atoms with van der Waals surface area (Å²) in [6, 6.07) is 16.4. The first-order valence-corrected chi connectivity index (χ1v) is 17.0. The maximum absolute atomic E-state index is 13.7. The van der Waals surface area contributed by atoms with Gasteiger partial charge in [-0.25, -0.2) is 19.2 Å². The molecule has 4 aromatic rings. The van der Waals surface area contributed by atoms with E-state index in [1.165, 1.54) is 45.2 Å². The van der Waals surface area contributed by atoms with E-state index in [2.05, 4.69) is 4.98 Å². The van der Waals surface area contributed by atoms with Gasteiger partial charge in [0.2, 0.25) is 0 Å². The summed E-state index contributed by atoms with van der Waals surface area (Å²) < 4.78 is 16.4. The Balaban J connectivity index is 1.23. The van der Waals surface area contributed by atoms with Crippen molar-refractivity contribution in [2.45, 2.75) is 65.5 Å². The predicted octanol–water partition coefficient (Wildman–Crippen LogP) is 4.74.